The Kier molecular flexibility index (Phi) is 6.95. The summed E-state index contributed by atoms with van der Waals surface area (Å²) in [4.78, 5) is 0. The molecule has 0 aliphatic heterocycles. The molecule has 0 spiro atoms. The molecule has 0 bridgehead atoms. The smallest absolute Gasteiger partial charge is 0.308 e. The van der Waals surface area contributed by atoms with E-state index in [0.717, 1.165) is 25.7 Å². The standard InChI is InChI=1S/C17H27O3P/c1-2-13-21(18,19-14-16-9-5-3-6-10-16)20-15-17-11-7-4-8-12-17/h2,5,7,9,11,16-17H,1,3-4,6,8,10,12-15H2. The lowest BCUT2D eigenvalue weighted by Crippen LogP contribution is -2.13. The zero-order chi connectivity index (χ0) is 15.0. The quantitative estimate of drug-likeness (QED) is 0.461. The van der Waals surface area contributed by atoms with E-state index in [2.05, 4.69) is 30.9 Å². The minimum atomic E-state index is -3.04. The Bertz CT molecular complexity index is 396. The minimum Gasteiger partial charge on any atom is -0.308 e. The first-order valence-corrected chi connectivity index (χ1v) is 9.77. The normalized spacial score (nSPS) is 28.2. The van der Waals surface area contributed by atoms with Crippen LogP contribution in [0.4, 0.5) is 0 Å². The Hall–Kier alpha value is -0.630. The van der Waals surface area contributed by atoms with Crippen LogP contribution in [0.1, 0.15) is 38.5 Å². The van der Waals surface area contributed by atoms with Crippen LogP contribution in [0.15, 0.2) is 37.0 Å². The van der Waals surface area contributed by atoms with Crippen molar-refractivity contribution in [3.63, 3.8) is 0 Å². The molecule has 0 amide bonds. The second-order valence-electron chi connectivity index (χ2n) is 5.91. The van der Waals surface area contributed by atoms with Crippen molar-refractivity contribution < 1.29 is 13.6 Å². The zero-order valence-electron chi connectivity index (χ0n) is 12.8. The SMILES string of the molecule is C=CCP(=O)(OCC1C=CCCC1)OCC1C=CCCC1. The van der Waals surface area contributed by atoms with Crippen molar-refractivity contribution in [3.8, 4) is 0 Å². The number of hydrogen-bond donors (Lipinski definition) is 0. The predicted octanol–water partition coefficient (Wildman–Crippen LogP) is 5.11. The van der Waals surface area contributed by atoms with Gasteiger partial charge >= 0.3 is 7.60 Å². The summed E-state index contributed by atoms with van der Waals surface area (Å²) in [5, 5.41) is 0. The molecule has 2 aliphatic rings. The van der Waals surface area contributed by atoms with Crippen LogP contribution in [0, 0.1) is 11.8 Å². The summed E-state index contributed by atoms with van der Waals surface area (Å²) in [6.45, 7) is 4.65. The summed E-state index contributed by atoms with van der Waals surface area (Å²) >= 11 is 0. The van der Waals surface area contributed by atoms with Gasteiger partial charge in [-0.2, -0.15) is 0 Å². The average molecular weight is 310 g/mol. The highest BCUT2D eigenvalue weighted by atomic mass is 31.2. The fraction of sp³-hybridized carbons (Fsp3) is 0.647. The van der Waals surface area contributed by atoms with Gasteiger partial charge in [-0.3, -0.25) is 4.57 Å². The van der Waals surface area contributed by atoms with Crippen LogP contribution in [0.2, 0.25) is 0 Å². The number of allylic oxidation sites excluding steroid dienone is 3. The fourth-order valence-corrected chi connectivity index (χ4v) is 4.20. The first-order valence-electron chi connectivity index (χ1n) is 8.04. The van der Waals surface area contributed by atoms with E-state index in [1.165, 1.54) is 12.8 Å². The van der Waals surface area contributed by atoms with E-state index in [9.17, 15) is 4.57 Å². The molecular formula is C17H27O3P. The first kappa shape index (κ1) is 16.7. The van der Waals surface area contributed by atoms with Gasteiger partial charge < -0.3 is 9.05 Å². The molecule has 2 atom stereocenters. The van der Waals surface area contributed by atoms with Crippen LogP contribution in [0.3, 0.4) is 0 Å². The topological polar surface area (TPSA) is 35.5 Å². The summed E-state index contributed by atoms with van der Waals surface area (Å²) in [5.41, 5.74) is 0. The van der Waals surface area contributed by atoms with Gasteiger partial charge in [0.25, 0.3) is 0 Å². The molecule has 0 saturated carbocycles. The molecule has 118 valence electrons. The van der Waals surface area contributed by atoms with Crippen LogP contribution < -0.4 is 0 Å². The average Bonchev–Trinajstić information content (AvgIpc) is 2.54. The Balaban J connectivity index is 1.82. The Morgan fingerprint density at radius 1 is 1.05 bits per heavy atom. The third kappa shape index (κ3) is 5.94. The van der Waals surface area contributed by atoms with Gasteiger partial charge in [0.1, 0.15) is 0 Å². The lowest BCUT2D eigenvalue weighted by atomic mass is 9.97. The van der Waals surface area contributed by atoms with Gasteiger partial charge in [-0.1, -0.05) is 30.4 Å². The van der Waals surface area contributed by atoms with Crippen molar-refractivity contribution in [2.24, 2.45) is 11.8 Å². The largest absolute Gasteiger partial charge is 0.334 e. The number of rotatable bonds is 8. The van der Waals surface area contributed by atoms with Crippen molar-refractivity contribution >= 4 is 7.60 Å². The van der Waals surface area contributed by atoms with Gasteiger partial charge in [-0.25, -0.2) is 0 Å². The molecule has 4 heteroatoms. The van der Waals surface area contributed by atoms with Gasteiger partial charge in [0, 0.05) is 11.8 Å². The number of hydrogen-bond acceptors (Lipinski definition) is 3. The van der Waals surface area contributed by atoms with E-state index in [1.54, 1.807) is 6.08 Å². The molecule has 0 aromatic heterocycles. The highest BCUT2D eigenvalue weighted by Crippen LogP contribution is 2.49. The predicted molar refractivity (Wildman–Crippen MR) is 87.5 cm³/mol. The maximum absolute atomic E-state index is 12.7. The van der Waals surface area contributed by atoms with E-state index in [-0.39, 0.29) is 0 Å². The van der Waals surface area contributed by atoms with E-state index >= 15 is 0 Å². The highest BCUT2D eigenvalue weighted by molar-refractivity contribution is 7.54. The molecule has 0 saturated heterocycles. The highest BCUT2D eigenvalue weighted by Gasteiger charge is 2.26. The molecule has 2 rings (SSSR count). The third-order valence-corrected chi connectivity index (χ3v) is 5.82. The molecule has 3 nitrogen and oxygen atoms in total. The Morgan fingerprint density at radius 3 is 1.95 bits per heavy atom. The summed E-state index contributed by atoms with van der Waals surface area (Å²) in [5.74, 6) is 0.741. The summed E-state index contributed by atoms with van der Waals surface area (Å²) in [6, 6.07) is 0. The van der Waals surface area contributed by atoms with Gasteiger partial charge in [0.2, 0.25) is 0 Å². The molecule has 21 heavy (non-hydrogen) atoms. The van der Waals surface area contributed by atoms with Crippen molar-refractivity contribution in [3.05, 3.63) is 37.0 Å². The summed E-state index contributed by atoms with van der Waals surface area (Å²) < 4.78 is 24.1. The van der Waals surface area contributed by atoms with E-state index < -0.39 is 7.60 Å². The summed E-state index contributed by atoms with van der Waals surface area (Å²) in [6.07, 6.45) is 17.5. The molecule has 0 aromatic carbocycles. The fourth-order valence-electron chi connectivity index (χ4n) is 2.76. The van der Waals surface area contributed by atoms with Crippen molar-refractivity contribution in [1.29, 1.82) is 0 Å². The van der Waals surface area contributed by atoms with Crippen molar-refractivity contribution in [1.82, 2.24) is 0 Å². The second-order valence-corrected chi connectivity index (χ2v) is 8.02. The molecule has 0 N–H and O–H groups in total. The maximum Gasteiger partial charge on any atom is 0.334 e. The second kappa shape index (κ2) is 8.73. The van der Waals surface area contributed by atoms with Gasteiger partial charge in [-0.05, 0) is 38.5 Å². The lowest BCUT2D eigenvalue weighted by Gasteiger charge is -2.23. The van der Waals surface area contributed by atoms with Crippen LogP contribution in [-0.2, 0) is 13.6 Å². The van der Waals surface area contributed by atoms with Crippen LogP contribution >= 0.6 is 7.60 Å². The molecule has 0 aromatic rings. The first-order chi connectivity index (χ1) is 10.2. The summed E-state index contributed by atoms with van der Waals surface area (Å²) in [7, 11) is -3.04. The molecule has 0 heterocycles. The van der Waals surface area contributed by atoms with Crippen molar-refractivity contribution in [2.75, 3.05) is 19.4 Å². The molecule has 2 unspecified atom stereocenters. The monoisotopic (exact) mass is 310 g/mol. The van der Waals surface area contributed by atoms with Gasteiger partial charge in [0.15, 0.2) is 0 Å². The van der Waals surface area contributed by atoms with Crippen LogP contribution in [0.25, 0.3) is 0 Å². The van der Waals surface area contributed by atoms with Crippen LogP contribution in [0.5, 0.6) is 0 Å². The molecule has 0 fully saturated rings. The van der Waals surface area contributed by atoms with E-state index in [4.69, 9.17) is 9.05 Å². The van der Waals surface area contributed by atoms with Gasteiger partial charge in [-0.15, -0.1) is 6.58 Å². The molecular weight excluding hydrogens is 283 g/mol. The van der Waals surface area contributed by atoms with E-state index in [1.807, 2.05) is 0 Å². The Morgan fingerprint density at radius 2 is 1.57 bits per heavy atom. The van der Waals surface area contributed by atoms with E-state index in [0.29, 0.717) is 31.2 Å². The Labute approximate surface area is 128 Å². The van der Waals surface area contributed by atoms with Crippen molar-refractivity contribution in [2.45, 2.75) is 38.5 Å². The lowest BCUT2D eigenvalue weighted by molar-refractivity contribution is 0.172. The third-order valence-electron chi connectivity index (χ3n) is 4.03. The van der Waals surface area contributed by atoms with Crippen LogP contribution in [-0.4, -0.2) is 19.4 Å². The zero-order valence-corrected chi connectivity index (χ0v) is 13.7. The minimum absolute atomic E-state index is 0.292. The molecule has 2 aliphatic carbocycles. The molecule has 0 radical (unpaired) electrons. The van der Waals surface area contributed by atoms with Gasteiger partial charge in [0.05, 0.1) is 19.4 Å². The maximum atomic E-state index is 12.7.